The van der Waals surface area contributed by atoms with Gasteiger partial charge in [0.1, 0.15) is 23.0 Å². The van der Waals surface area contributed by atoms with E-state index >= 15 is 0 Å². The summed E-state index contributed by atoms with van der Waals surface area (Å²) in [5.74, 6) is -0.862. The third-order valence-corrected chi connectivity index (χ3v) is 5.93. The summed E-state index contributed by atoms with van der Waals surface area (Å²) in [6.45, 7) is 0. The highest BCUT2D eigenvalue weighted by molar-refractivity contribution is 6.51. The average molecular weight is 480 g/mol. The Bertz CT molecular complexity index is 1270. The molecule has 1 fully saturated rings. The largest absolute Gasteiger partial charge is 0.507 e. The number of halogens is 1. The molecule has 0 radical (unpaired) electrons. The lowest BCUT2D eigenvalue weighted by Crippen LogP contribution is -2.29. The van der Waals surface area contributed by atoms with E-state index in [1.165, 1.54) is 31.3 Å². The molecule has 1 unspecified atom stereocenters. The number of carbonyl (C=O) groups is 2. The van der Waals surface area contributed by atoms with Crippen molar-refractivity contribution in [1.82, 2.24) is 0 Å². The van der Waals surface area contributed by atoms with Crippen LogP contribution in [0.5, 0.6) is 17.2 Å². The molecular weight excluding hydrogens is 458 g/mol. The van der Waals surface area contributed by atoms with E-state index in [4.69, 9.17) is 25.8 Å². The van der Waals surface area contributed by atoms with Crippen LogP contribution in [0.3, 0.4) is 0 Å². The number of methoxy groups -OCH3 is 3. The second-order valence-electron chi connectivity index (χ2n) is 7.46. The minimum Gasteiger partial charge on any atom is -0.507 e. The zero-order valence-corrected chi connectivity index (χ0v) is 19.5. The maximum atomic E-state index is 13.3. The van der Waals surface area contributed by atoms with Crippen LogP contribution in [-0.2, 0) is 9.59 Å². The van der Waals surface area contributed by atoms with E-state index in [1.807, 2.05) is 6.07 Å². The molecule has 1 atom stereocenters. The Morgan fingerprint density at radius 1 is 0.882 bits per heavy atom. The van der Waals surface area contributed by atoms with Gasteiger partial charge in [0.25, 0.3) is 11.7 Å². The first-order valence-corrected chi connectivity index (χ1v) is 10.7. The molecule has 1 aliphatic heterocycles. The summed E-state index contributed by atoms with van der Waals surface area (Å²) in [7, 11) is 4.39. The number of ketones is 1. The van der Waals surface area contributed by atoms with Crippen LogP contribution in [0.15, 0.2) is 72.3 Å². The molecule has 3 aromatic rings. The summed E-state index contributed by atoms with van der Waals surface area (Å²) >= 11 is 6.21. The van der Waals surface area contributed by atoms with Crippen LogP contribution in [0.4, 0.5) is 5.69 Å². The third kappa shape index (κ3) is 3.95. The molecule has 0 saturated carbocycles. The molecule has 0 spiro atoms. The summed E-state index contributed by atoms with van der Waals surface area (Å²) in [5.41, 5.74) is 1.24. The number of amides is 1. The number of nitrogens with zero attached hydrogens (tertiary/aromatic N) is 1. The molecule has 1 N–H and O–H groups in total. The highest BCUT2D eigenvalue weighted by Crippen LogP contribution is 2.44. The normalized spacial score (nSPS) is 17.1. The van der Waals surface area contributed by atoms with Crippen molar-refractivity contribution in [3.63, 3.8) is 0 Å². The van der Waals surface area contributed by atoms with Crippen molar-refractivity contribution in [2.24, 2.45) is 0 Å². The highest BCUT2D eigenvalue weighted by Gasteiger charge is 2.47. The fourth-order valence-corrected chi connectivity index (χ4v) is 4.21. The van der Waals surface area contributed by atoms with Gasteiger partial charge in [0.15, 0.2) is 0 Å². The number of hydrogen-bond donors (Lipinski definition) is 1. The van der Waals surface area contributed by atoms with Gasteiger partial charge in [0, 0.05) is 11.8 Å². The van der Waals surface area contributed by atoms with Crippen LogP contribution >= 0.6 is 11.6 Å². The van der Waals surface area contributed by atoms with Crippen LogP contribution in [0, 0.1) is 0 Å². The first-order chi connectivity index (χ1) is 16.4. The fraction of sp³-hybridized carbons (Fsp3) is 0.154. The van der Waals surface area contributed by atoms with Crippen LogP contribution in [0.1, 0.15) is 17.2 Å². The number of rotatable bonds is 6. The molecule has 34 heavy (non-hydrogen) atoms. The Hall–Kier alpha value is -3.97. The zero-order chi connectivity index (χ0) is 24.4. The molecule has 4 rings (SSSR count). The zero-order valence-electron chi connectivity index (χ0n) is 18.7. The molecule has 3 aromatic carbocycles. The molecule has 0 bridgehead atoms. The predicted molar refractivity (Wildman–Crippen MR) is 129 cm³/mol. The van der Waals surface area contributed by atoms with Crippen LogP contribution in [0.2, 0.25) is 5.02 Å². The van der Waals surface area contributed by atoms with Gasteiger partial charge in [-0.2, -0.15) is 0 Å². The first kappa shape index (κ1) is 23.2. The number of Topliss-reactive ketones (excluding diaryl/α,β-unsaturated/α-hetero) is 1. The van der Waals surface area contributed by atoms with E-state index in [0.29, 0.717) is 17.0 Å². The van der Waals surface area contributed by atoms with E-state index in [2.05, 4.69) is 0 Å². The average Bonchev–Trinajstić information content (AvgIpc) is 3.14. The lowest BCUT2D eigenvalue weighted by atomic mass is 9.94. The van der Waals surface area contributed by atoms with Crippen molar-refractivity contribution in [2.75, 3.05) is 26.2 Å². The van der Waals surface area contributed by atoms with Gasteiger partial charge < -0.3 is 19.3 Å². The fourth-order valence-electron chi connectivity index (χ4n) is 3.98. The molecule has 1 aliphatic rings. The van der Waals surface area contributed by atoms with E-state index in [9.17, 15) is 14.7 Å². The maximum absolute atomic E-state index is 13.3. The molecule has 1 saturated heterocycles. The third-order valence-electron chi connectivity index (χ3n) is 5.64. The van der Waals surface area contributed by atoms with Crippen molar-refractivity contribution in [3.05, 3.63) is 88.5 Å². The molecular formula is C26H22ClNO6. The number of carbonyl (C=O) groups excluding carboxylic acids is 2. The Labute approximate surface area is 201 Å². The molecule has 1 heterocycles. The van der Waals surface area contributed by atoms with E-state index in [0.717, 1.165) is 0 Å². The van der Waals surface area contributed by atoms with Gasteiger partial charge in [0.05, 0.1) is 43.5 Å². The van der Waals surface area contributed by atoms with Gasteiger partial charge in [-0.3, -0.25) is 14.5 Å². The van der Waals surface area contributed by atoms with E-state index in [-0.39, 0.29) is 27.7 Å². The van der Waals surface area contributed by atoms with Crippen molar-refractivity contribution >= 4 is 34.7 Å². The SMILES string of the molecule is COc1ccc(N2C(=O)C(=O)/C(=C(/O)c3cc(OC)c(Cl)cc3OC)C2c2ccccc2)cc1. The summed E-state index contributed by atoms with van der Waals surface area (Å²) in [6, 6.07) is 17.9. The Morgan fingerprint density at radius 3 is 2.12 bits per heavy atom. The first-order valence-electron chi connectivity index (χ1n) is 10.3. The highest BCUT2D eigenvalue weighted by atomic mass is 35.5. The van der Waals surface area contributed by atoms with Crippen molar-refractivity contribution in [3.8, 4) is 17.2 Å². The van der Waals surface area contributed by atoms with Gasteiger partial charge in [0.2, 0.25) is 0 Å². The van der Waals surface area contributed by atoms with E-state index in [1.54, 1.807) is 55.6 Å². The summed E-state index contributed by atoms with van der Waals surface area (Å²) in [6.07, 6.45) is 0. The quantitative estimate of drug-likeness (QED) is 0.304. The molecule has 1 amide bonds. The Balaban J connectivity index is 1.96. The molecule has 7 nitrogen and oxygen atoms in total. The molecule has 8 heteroatoms. The second-order valence-corrected chi connectivity index (χ2v) is 7.87. The van der Waals surface area contributed by atoms with Crippen LogP contribution in [0.25, 0.3) is 5.76 Å². The molecule has 0 aromatic heterocycles. The molecule has 174 valence electrons. The van der Waals surface area contributed by atoms with Gasteiger partial charge in [-0.1, -0.05) is 41.9 Å². The van der Waals surface area contributed by atoms with E-state index < -0.39 is 23.5 Å². The topological polar surface area (TPSA) is 85.3 Å². The lowest BCUT2D eigenvalue weighted by molar-refractivity contribution is -0.132. The predicted octanol–water partition coefficient (Wildman–Crippen LogP) is 4.99. The van der Waals surface area contributed by atoms with Crippen molar-refractivity contribution < 1.29 is 28.9 Å². The Kier molecular flexibility index (Phi) is 6.47. The maximum Gasteiger partial charge on any atom is 0.300 e. The number of anilines is 1. The standard InChI is InChI=1S/C26H22ClNO6/c1-32-17-11-9-16(10-12-17)28-23(15-7-5-4-6-8-15)22(25(30)26(28)31)24(29)18-13-21(34-3)19(27)14-20(18)33-2/h4-14,23,29H,1-3H3/b24-22+. The van der Waals surface area contributed by atoms with Crippen LogP contribution in [-0.4, -0.2) is 38.1 Å². The van der Waals surface area contributed by atoms with Crippen molar-refractivity contribution in [1.29, 1.82) is 0 Å². The number of benzene rings is 3. The minimum absolute atomic E-state index is 0.0744. The van der Waals surface area contributed by atoms with Gasteiger partial charge in [-0.25, -0.2) is 0 Å². The number of aliphatic hydroxyl groups is 1. The number of hydrogen-bond acceptors (Lipinski definition) is 6. The van der Waals surface area contributed by atoms with Gasteiger partial charge in [-0.05, 0) is 35.9 Å². The summed E-state index contributed by atoms with van der Waals surface area (Å²) in [4.78, 5) is 27.9. The Morgan fingerprint density at radius 2 is 1.53 bits per heavy atom. The van der Waals surface area contributed by atoms with Gasteiger partial charge >= 0.3 is 0 Å². The lowest BCUT2D eigenvalue weighted by Gasteiger charge is -2.25. The monoisotopic (exact) mass is 479 g/mol. The second kappa shape index (κ2) is 9.49. The van der Waals surface area contributed by atoms with Gasteiger partial charge in [-0.15, -0.1) is 0 Å². The summed E-state index contributed by atoms with van der Waals surface area (Å²) < 4.78 is 15.9. The van der Waals surface area contributed by atoms with Crippen LogP contribution < -0.4 is 19.1 Å². The number of aliphatic hydroxyl groups excluding tert-OH is 1. The number of ether oxygens (including phenoxy) is 3. The summed E-state index contributed by atoms with van der Waals surface area (Å²) in [5, 5.41) is 11.7. The smallest absolute Gasteiger partial charge is 0.300 e. The molecule has 0 aliphatic carbocycles. The van der Waals surface area contributed by atoms with Crippen molar-refractivity contribution in [2.45, 2.75) is 6.04 Å². The minimum atomic E-state index is -0.874.